The Morgan fingerprint density at radius 3 is 1.79 bits per heavy atom. The van der Waals surface area contributed by atoms with E-state index in [-0.39, 0.29) is 0 Å². The van der Waals surface area contributed by atoms with Gasteiger partial charge >= 0.3 is 0 Å². The first kappa shape index (κ1) is 20.5. The first-order chi connectivity index (χ1) is 9.15. The number of allylic oxidation sites excluding steroid dienone is 2. The minimum atomic E-state index is -0.833. The molecule has 0 radical (unpaired) electrons. The lowest BCUT2D eigenvalue weighted by Gasteiger charge is -1.98. The van der Waals surface area contributed by atoms with Crippen molar-refractivity contribution in [2.45, 2.75) is 78.1 Å². The summed E-state index contributed by atoms with van der Waals surface area (Å²) in [5.74, 6) is -0.833. The SMILES string of the molecule is CC(=O)O.CCCC/C=C/CCCCCCCCO. The molecule has 19 heavy (non-hydrogen) atoms. The second kappa shape index (κ2) is 19.5. The van der Waals surface area contributed by atoms with E-state index in [1.54, 1.807) is 0 Å². The predicted molar refractivity (Wildman–Crippen MR) is 81.4 cm³/mol. The molecule has 0 aliphatic heterocycles. The third-order valence-electron chi connectivity index (χ3n) is 2.67. The van der Waals surface area contributed by atoms with E-state index in [1.165, 1.54) is 57.8 Å². The highest BCUT2D eigenvalue weighted by Gasteiger charge is 1.89. The summed E-state index contributed by atoms with van der Waals surface area (Å²) >= 11 is 0. The molecule has 0 saturated carbocycles. The van der Waals surface area contributed by atoms with Gasteiger partial charge in [0.25, 0.3) is 5.97 Å². The third-order valence-corrected chi connectivity index (χ3v) is 2.67. The molecule has 0 aromatic carbocycles. The van der Waals surface area contributed by atoms with Crippen LogP contribution in [0.15, 0.2) is 12.2 Å². The van der Waals surface area contributed by atoms with Crippen molar-refractivity contribution in [3.8, 4) is 0 Å². The topological polar surface area (TPSA) is 57.5 Å². The highest BCUT2D eigenvalue weighted by atomic mass is 16.4. The van der Waals surface area contributed by atoms with Crippen LogP contribution in [0.5, 0.6) is 0 Å². The summed E-state index contributed by atoms with van der Waals surface area (Å²) in [5, 5.41) is 16.0. The Kier molecular flexibility index (Phi) is 21.0. The molecule has 0 fully saturated rings. The van der Waals surface area contributed by atoms with Crippen LogP contribution in [0.2, 0.25) is 0 Å². The van der Waals surface area contributed by atoms with Gasteiger partial charge in [-0.25, -0.2) is 0 Å². The van der Waals surface area contributed by atoms with Crippen LogP contribution in [0.4, 0.5) is 0 Å². The lowest BCUT2D eigenvalue weighted by molar-refractivity contribution is -0.134. The maximum Gasteiger partial charge on any atom is 0.300 e. The molecule has 0 spiro atoms. The Labute approximate surface area is 118 Å². The summed E-state index contributed by atoms with van der Waals surface area (Å²) in [6.07, 6.45) is 17.3. The molecule has 3 heteroatoms. The summed E-state index contributed by atoms with van der Waals surface area (Å²) in [7, 11) is 0. The van der Waals surface area contributed by atoms with E-state index >= 15 is 0 Å². The Bertz CT molecular complexity index is 196. The molecule has 3 nitrogen and oxygen atoms in total. The van der Waals surface area contributed by atoms with E-state index in [4.69, 9.17) is 15.0 Å². The van der Waals surface area contributed by atoms with Crippen molar-refractivity contribution in [3.63, 3.8) is 0 Å². The highest BCUT2D eigenvalue weighted by molar-refractivity contribution is 5.62. The van der Waals surface area contributed by atoms with E-state index in [1.807, 2.05) is 0 Å². The van der Waals surface area contributed by atoms with Crippen LogP contribution in [-0.4, -0.2) is 22.8 Å². The molecule has 0 rings (SSSR count). The molecule has 0 atom stereocenters. The second-order valence-corrected chi connectivity index (χ2v) is 4.77. The number of unbranched alkanes of at least 4 members (excludes halogenated alkanes) is 8. The molecule has 0 unspecified atom stereocenters. The normalized spacial score (nSPS) is 10.3. The fourth-order valence-electron chi connectivity index (χ4n) is 1.64. The molecule has 0 heterocycles. The molecule has 0 bridgehead atoms. The van der Waals surface area contributed by atoms with Crippen LogP contribution in [0.1, 0.15) is 78.1 Å². The largest absolute Gasteiger partial charge is 0.481 e. The van der Waals surface area contributed by atoms with Crippen molar-refractivity contribution in [1.29, 1.82) is 0 Å². The van der Waals surface area contributed by atoms with Gasteiger partial charge in [0.1, 0.15) is 0 Å². The number of carboxylic acids is 1. The van der Waals surface area contributed by atoms with Gasteiger partial charge in [-0.1, -0.05) is 57.6 Å². The fraction of sp³-hybridized carbons (Fsp3) is 0.812. The molecule has 0 aliphatic carbocycles. The number of aliphatic hydroxyl groups is 1. The van der Waals surface area contributed by atoms with E-state index in [0.29, 0.717) is 6.61 Å². The third kappa shape index (κ3) is 31.7. The second-order valence-electron chi connectivity index (χ2n) is 4.77. The van der Waals surface area contributed by atoms with Crippen molar-refractivity contribution >= 4 is 5.97 Å². The molecular formula is C16H32O3. The first-order valence-electron chi connectivity index (χ1n) is 7.60. The summed E-state index contributed by atoms with van der Waals surface area (Å²) in [6, 6.07) is 0. The van der Waals surface area contributed by atoms with Gasteiger partial charge in [-0.2, -0.15) is 0 Å². The highest BCUT2D eigenvalue weighted by Crippen LogP contribution is 2.07. The Morgan fingerprint density at radius 2 is 1.32 bits per heavy atom. The Balaban J connectivity index is 0. The molecule has 0 aliphatic rings. The molecular weight excluding hydrogens is 240 g/mol. The number of carboxylic acid groups (broad SMARTS) is 1. The van der Waals surface area contributed by atoms with Crippen LogP contribution in [0.3, 0.4) is 0 Å². The average molecular weight is 272 g/mol. The summed E-state index contributed by atoms with van der Waals surface area (Å²) in [5.41, 5.74) is 0. The van der Waals surface area contributed by atoms with Gasteiger partial charge in [0, 0.05) is 13.5 Å². The minimum Gasteiger partial charge on any atom is -0.481 e. The van der Waals surface area contributed by atoms with Crippen molar-refractivity contribution < 1.29 is 15.0 Å². The molecule has 0 amide bonds. The number of aliphatic hydroxyl groups excluding tert-OH is 1. The summed E-state index contributed by atoms with van der Waals surface area (Å²) < 4.78 is 0. The van der Waals surface area contributed by atoms with Gasteiger partial charge in [-0.15, -0.1) is 0 Å². The van der Waals surface area contributed by atoms with Gasteiger partial charge in [-0.05, 0) is 25.7 Å². The zero-order chi connectivity index (χ0) is 14.8. The monoisotopic (exact) mass is 272 g/mol. The van der Waals surface area contributed by atoms with E-state index < -0.39 is 5.97 Å². The molecule has 2 N–H and O–H groups in total. The number of aliphatic carboxylic acids is 1. The maximum absolute atomic E-state index is 9.00. The predicted octanol–water partition coefficient (Wildman–Crippen LogP) is 4.55. The van der Waals surface area contributed by atoms with Crippen LogP contribution in [-0.2, 0) is 4.79 Å². The van der Waals surface area contributed by atoms with Gasteiger partial charge in [0.15, 0.2) is 0 Å². The van der Waals surface area contributed by atoms with Crippen molar-refractivity contribution in [1.82, 2.24) is 0 Å². The zero-order valence-corrected chi connectivity index (χ0v) is 12.7. The molecule has 0 aromatic heterocycles. The molecule has 0 saturated heterocycles. The van der Waals surface area contributed by atoms with Crippen LogP contribution in [0.25, 0.3) is 0 Å². The molecule has 114 valence electrons. The maximum atomic E-state index is 9.00. The Hall–Kier alpha value is -0.830. The fourth-order valence-corrected chi connectivity index (χ4v) is 1.64. The van der Waals surface area contributed by atoms with Crippen LogP contribution in [0, 0.1) is 0 Å². The lowest BCUT2D eigenvalue weighted by Crippen LogP contribution is -1.83. The van der Waals surface area contributed by atoms with Gasteiger partial charge < -0.3 is 10.2 Å². The Morgan fingerprint density at radius 1 is 0.895 bits per heavy atom. The van der Waals surface area contributed by atoms with Crippen molar-refractivity contribution in [2.24, 2.45) is 0 Å². The van der Waals surface area contributed by atoms with Gasteiger partial charge in [-0.3, -0.25) is 4.79 Å². The summed E-state index contributed by atoms with van der Waals surface area (Å²) in [4.78, 5) is 9.00. The average Bonchev–Trinajstić information content (AvgIpc) is 2.35. The van der Waals surface area contributed by atoms with E-state index in [2.05, 4.69) is 19.1 Å². The quantitative estimate of drug-likeness (QED) is 0.428. The summed E-state index contributed by atoms with van der Waals surface area (Å²) in [6.45, 7) is 3.68. The zero-order valence-electron chi connectivity index (χ0n) is 12.7. The van der Waals surface area contributed by atoms with E-state index in [0.717, 1.165) is 13.3 Å². The number of rotatable bonds is 11. The smallest absolute Gasteiger partial charge is 0.300 e. The minimum absolute atomic E-state index is 0.361. The van der Waals surface area contributed by atoms with E-state index in [9.17, 15) is 0 Å². The van der Waals surface area contributed by atoms with Gasteiger partial charge in [0.05, 0.1) is 0 Å². The van der Waals surface area contributed by atoms with Gasteiger partial charge in [0.2, 0.25) is 0 Å². The van der Waals surface area contributed by atoms with Crippen molar-refractivity contribution in [3.05, 3.63) is 12.2 Å². The first-order valence-corrected chi connectivity index (χ1v) is 7.60. The number of hydrogen-bond donors (Lipinski definition) is 2. The number of carbonyl (C=O) groups is 1. The van der Waals surface area contributed by atoms with Crippen molar-refractivity contribution in [2.75, 3.05) is 6.61 Å². The standard InChI is InChI=1S/C14H28O.C2H4O2/c1-2-3-4-5-6-7-8-9-10-11-12-13-14-15;1-2(3)4/h5-6,15H,2-4,7-14H2,1H3;1H3,(H,3,4)/b6-5+;. The van der Waals surface area contributed by atoms with Crippen LogP contribution >= 0.6 is 0 Å². The lowest BCUT2D eigenvalue weighted by atomic mass is 10.1. The van der Waals surface area contributed by atoms with Crippen LogP contribution < -0.4 is 0 Å². The number of hydrogen-bond acceptors (Lipinski definition) is 2. The molecule has 0 aromatic rings.